The minimum atomic E-state index is 0.0483. The fourth-order valence-corrected chi connectivity index (χ4v) is 1.53. The summed E-state index contributed by atoms with van der Waals surface area (Å²) in [5.41, 5.74) is 0.689. The Kier molecular flexibility index (Phi) is 5.01. The van der Waals surface area contributed by atoms with Gasteiger partial charge in [-0.3, -0.25) is 4.79 Å². The van der Waals surface area contributed by atoms with E-state index in [1.807, 2.05) is 13.1 Å². The molecule has 0 aliphatic carbocycles. The van der Waals surface area contributed by atoms with Gasteiger partial charge < -0.3 is 10.0 Å². The first kappa shape index (κ1) is 13.6. The molecule has 0 saturated heterocycles. The lowest BCUT2D eigenvalue weighted by Crippen LogP contribution is -2.29. The molecule has 0 unspecified atom stereocenters. The van der Waals surface area contributed by atoms with Gasteiger partial charge in [-0.2, -0.15) is 0 Å². The molecule has 3 heteroatoms. The van der Waals surface area contributed by atoms with E-state index in [1.165, 1.54) is 0 Å². The zero-order valence-corrected chi connectivity index (χ0v) is 10.8. The molecule has 0 aromatic heterocycles. The summed E-state index contributed by atoms with van der Waals surface area (Å²) >= 11 is 0. The Labute approximate surface area is 103 Å². The van der Waals surface area contributed by atoms with Crippen molar-refractivity contribution in [2.75, 3.05) is 13.6 Å². The highest BCUT2D eigenvalue weighted by Crippen LogP contribution is 2.16. The van der Waals surface area contributed by atoms with Crippen molar-refractivity contribution in [3.63, 3.8) is 0 Å². The van der Waals surface area contributed by atoms with Crippen LogP contribution in [0.1, 0.15) is 25.8 Å². The maximum absolute atomic E-state index is 11.9. The summed E-state index contributed by atoms with van der Waals surface area (Å²) < 4.78 is 0. The van der Waals surface area contributed by atoms with Gasteiger partial charge in [0, 0.05) is 19.2 Å². The maximum atomic E-state index is 11.9. The lowest BCUT2D eigenvalue weighted by Gasteiger charge is -2.18. The molecule has 17 heavy (non-hydrogen) atoms. The largest absolute Gasteiger partial charge is 0.508 e. The van der Waals surface area contributed by atoms with Crippen LogP contribution in [0.15, 0.2) is 24.3 Å². The number of para-hydroxylation sites is 1. The van der Waals surface area contributed by atoms with Gasteiger partial charge >= 0.3 is 0 Å². The number of aromatic hydroxyl groups is 1. The number of amides is 1. The van der Waals surface area contributed by atoms with Crippen molar-refractivity contribution < 1.29 is 9.90 Å². The van der Waals surface area contributed by atoms with Crippen molar-refractivity contribution in [2.24, 2.45) is 5.92 Å². The maximum Gasteiger partial charge on any atom is 0.226 e. The summed E-state index contributed by atoms with van der Waals surface area (Å²) in [4.78, 5) is 13.6. The van der Waals surface area contributed by atoms with Crippen molar-refractivity contribution >= 4 is 5.91 Å². The van der Waals surface area contributed by atoms with E-state index in [-0.39, 0.29) is 18.1 Å². The topological polar surface area (TPSA) is 40.5 Å². The third-order valence-electron chi connectivity index (χ3n) is 2.80. The molecule has 0 atom stereocenters. The van der Waals surface area contributed by atoms with Crippen LogP contribution in [0.2, 0.25) is 0 Å². The molecule has 0 spiro atoms. The van der Waals surface area contributed by atoms with Crippen LogP contribution >= 0.6 is 0 Å². The number of phenolic OH excluding ortho intramolecular Hbond substituents is 1. The molecular weight excluding hydrogens is 214 g/mol. The summed E-state index contributed by atoms with van der Waals surface area (Å²) in [5, 5.41) is 9.59. The number of rotatable bonds is 5. The molecular formula is C14H21NO2. The van der Waals surface area contributed by atoms with Crippen molar-refractivity contribution in [3.05, 3.63) is 29.8 Å². The van der Waals surface area contributed by atoms with Crippen LogP contribution in [0.25, 0.3) is 0 Å². The third-order valence-corrected chi connectivity index (χ3v) is 2.80. The van der Waals surface area contributed by atoms with Gasteiger partial charge in [-0.25, -0.2) is 0 Å². The number of phenols is 1. The van der Waals surface area contributed by atoms with E-state index in [9.17, 15) is 9.90 Å². The molecule has 1 aromatic rings. The Morgan fingerprint density at radius 3 is 2.59 bits per heavy atom. The zero-order chi connectivity index (χ0) is 12.8. The average Bonchev–Trinajstić information content (AvgIpc) is 2.28. The lowest BCUT2D eigenvalue weighted by atomic mass is 10.1. The van der Waals surface area contributed by atoms with Crippen molar-refractivity contribution in [3.8, 4) is 5.75 Å². The fourth-order valence-electron chi connectivity index (χ4n) is 1.53. The molecule has 0 bridgehead atoms. The Morgan fingerprint density at radius 2 is 2.00 bits per heavy atom. The van der Waals surface area contributed by atoms with Crippen LogP contribution in [0, 0.1) is 5.92 Å². The highest BCUT2D eigenvalue weighted by atomic mass is 16.3. The highest BCUT2D eigenvalue weighted by Gasteiger charge is 2.11. The molecule has 0 radical (unpaired) electrons. The van der Waals surface area contributed by atoms with E-state index in [2.05, 4.69) is 13.8 Å². The van der Waals surface area contributed by atoms with Crippen LogP contribution in [0.5, 0.6) is 5.75 Å². The third kappa shape index (κ3) is 4.47. The first-order chi connectivity index (χ1) is 8.00. The smallest absolute Gasteiger partial charge is 0.226 e. The second-order valence-electron chi connectivity index (χ2n) is 4.80. The predicted octanol–water partition coefficient (Wildman–Crippen LogP) is 2.44. The summed E-state index contributed by atoms with van der Waals surface area (Å²) in [7, 11) is 1.81. The van der Waals surface area contributed by atoms with Gasteiger partial charge in [0.2, 0.25) is 5.91 Å². The SMILES string of the molecule is CC(C)CCN(C)C(=O)Cc1ccccc1O. The van der Waals surface area contributed by atoms with E-state index in [0.29, 0.717) is 11.5 Å². The van der Waals surface area contributed by atoms with Crippen LogP contribution < -0.4 is 0 Å². The molecule has 0 fully saturated rings. The van der Waals surface area contributed by atoms with Crippen molar-refractivity contribution in [2.45, 2.75) is 26.7 Å². The standard InChI is InChI=1S/C14H21NO2/c1-11(2)8-9-15(3)14(17)10-12-6-4-5-7-13(12)16/h4-7,11,16H,8-10H2,1-3H3. The van der Waals surface area contributed by atoms with Crippen LogP contribution in [0.3, 0.4) is 0 Å². The van der Waals surface area contributed by atoms with Crippen LogP contribution in [0.4, 0.5) is 0 Å². The minimum absolute atomic E-state index is 0.0483. The number of likely N-dealkylation sites (N-methyl/N-ethyl adjacent to an activating group) is 1. The molecule has 1 amide bonds. The van der Waals surface area contributed by atoms with Crippen LogP contribution in [-0.2, 0) is 11.2 Å². The molecule has 1 rings (SSSR count). The van der Waals surface area contributed by atoms with Gasteiger partial charge in [0.05, 0.1) is 6.42 Å². The number of hydrogen-bond acceptors (Lipinski definition) is 2. The van der Waals surface area contributed by atoms with Gasteiger partial charge in [0.25, 0.3) is 0 Å². The second kappa shape index (κ2) is 6.28. The van der Waals surface area contributed by atoms with Crippen molar-refractivity contribution in [1.82, 2.24) is 4.90 Å². The molecule has 3 nitrogen and oxygen atoms in total. The average molecular weight is 235 g/mol. The van der Waals surface area contributed by atoms with Gasteiger partial charge in [-0.15, -0.1) is 0 Å². The van der Waals surface area contributed by atoms with Crippen molar-refractivity contribution in [1.29, 1.82) is 0 Å². The molecule has 0 heterocycles. The summed E-state index contributed by atoms with van der Waals surface area (Å²) in [6, 6.07) is 6.97. The Morgan fingerprint density at radius 1 is 1.35 bits per heavy atom. The Hall–Kier alpha value is -1.51. The molecule has 1 aromatic carbocycles. The summed E-state index contributed by atoms with van der Waals surface area (Å²) in [6.45, 7) is 5.05. The highest BCUT2D eigenvalue weighted by molar-refractivity contribution is 5.79. The predicted molar refractivity (Wildman–Crippen MR) is 68.9 cm³/mol. The number of nitrogens with zero attached hydrogens (tertiary/aromatic N) is 1. The van der Waals surface area contributed by atoms with E-state index >= 15 is 0 Å². The second-order valence-corrected chi connectivity index (χ2v) is 4.80. The van der Waals surface area contributed by atoms with E-state index in [4.69, 9.17) is 0 Å². The van der Waals surface area contributed by atoms with Crippen LogP contribution in [-0.4, -0.2) is 29.5 Å². The molecule has 0 saturated carbocycles. The monoisotopic (exact) mass is 235 g/mol. The first-order valence-electron chi connectivity index (χ1n) is 6.01. The normalized spacial score (nSPS) is 10.6. The lowest BCUT2D eigenvalue weighted by molar-refractivity contribution is -0.129. The Balaban J connectivity index is 2.52. The molecule has 0 aliphatic rings. The van der Waals surface area contributed by atoms with Gasteiger partial charge in [0.15, 0.2) is 0 Å². The number of hydrogen-bond donors (Lipinski definition) is 1. The first-order valence-corrected chi connectivity index (χ1v) is 6.01. The van der Waals surface area contributed by atoms with E-state index < -0.39 is 0 Å². The fraction of sp³-hybridized carbons (Fsp3) is 0.500. The van der Waals surface area contributed by atoms with E-state index in [0.717, 1.165) is 13.0 Å². The molecule has 0 aliphatic heterocycles. The molecule has 94 valence electrons. The zero-order valence-electron chi connectivity index (χ0n) is 10.8. The van der Waals surface area contributed by atoms with Gasteiger partial charge in [-0.1, -0.05) is 32.0 Å². The quantitative estimate of drug-likeness (QED) is 0.851. The summed E-state index contributed by atoms with van der Waals surface area (Å²) in [6.07, 6.45) is 1.27. The van der Waals surface area contributed by atoms with Gasteiger partial charge in [0.1, 0.15) is 5.75 Å². The number of carbonyl (C=O) groups is 1. The van der Waals surface area contributed by atoms with E-state index in [1.54, 1.807) is 23.1 Å². The van der Waals surface area contributed by atoms with Gasteiger partial charge in [-0.05, 0) is 18.4 Å². The number of benzene rings is 1. The Bertz CT molecular complexity index is 374. The summed E-state index contributed by atoms with van der Waals surface area (Å²) in [5.74, 6) is 0.834. The molecule has 1 N–H and O–H groups in total. The number of carbonyl (C=O) groups excluding carboxylic acids is 1. The minimum Gasteiger partial charge on any atom is -0.508 e.